The molecule has 0 spiro atoms. The van der Waals surface area contributed by atoms with E-state index in [1.807, 2.05) is 54.6 Å². The highest BCUT2D eigenvalue weighted by Gasteiger charge is 2.28. The summed E-state index contributed by atoms with van der Waals surface area (Å²) < 4.78 is 12.9. The number of nitrogens with zero attached hydrogens (tertiary/aromatic N) is 3. The molecule has 8 nitrogen and oxygen atoms in total. The third-order valence-corrected chi connectivity index (χ3v) is 5.67. The van der Waals surface area contributed by atoms with Gasteiger partial charge in [0, 0.05) is 0 Å². The third kappa shape index (κ3) is 4.06. The summed E-state index contributed by atoms with van der Waals surface area (Å²) in [5, 5.41) is 2.84. The van der Waals surface area contributed by atoms with Crippen molar-refractivity contribution in [1.29, 1.82) is 0 Å². The number of esters is 1. The summed E-state index contributed by atoms with van der Waals surface area (Å²) in [6.45, 7) is 2.24. The van der Waals surface area contributed by atoms with Crippen LogP contribution in [0.2, 0.25) is 0 Å². The summed E-state index contributed by atoms with van der Waals surface area (Å²) in [4.78, 5) is 35.7. The van der Waals surface area contributed by atoms with Gasteiger partial charge < -0.3 is 19.0 Å². The van der Waals surface area contributed by atoms with E-state index in [-0.39, 0.29) is 23.7 Å². The minimum Gasteiger partial charge on any atom is -0.462 e. The van der Waals surface area contributed by atoms with Crippen molar-refractivity contribution in [3.8, 4) is 0 Å². The Morgan fingerprint density at radius 2 is 1.71 bits per heavy atom. The van der Waals surface area contributed by atoms with Gasteiger partial charge in [0.05, 0.1) is 24.2 Å². The Balaban J connectivity index is 1.76. The van der Waals surface area contributed by atoms with Crippen molar-refractivity contribution >= 4 is 55.8 Å². The van der Waals surface area contributed by atoms with Gasteiger partial charge in [-0.1, -0.05) is 42.5 Å². The van der Waals surface area contributed by atoms with Crippen molar-refractivity contribution in [2.45, 2.75) is 13.5 Å². The molecular weight excluding hydrogens is 500 g/mol. The fraction of sp³-hybridized carbons (Fsp3) is 0.120. The first-order valence-corrected chi connectivity index (χ1v) is 11.4. The number of anilines is 1. The lowest BCUT2D eigenvalue weighted by Gasteiger charge is -2.12. The maximum Gasteiger partial charge on any atom is 0.344 e. The molecular formula is C25H19BrN4O4. The Hall–Kier alpha value is -3.98. The first-order valence-electron chi connectivity index (χ1n) is 10.6. The van der Waals surface area contributed by atoms with E-state index in [0.29, 0.717) is 33.4 Å². The Morgan fingerprint density at radius 1 is 1.00 bits per heavy atom. The minimum absolute atomic E-state index is 0.0873. The second kappa shape index (κ2) is 9.11. The van der Waals surface area contributed by atoms with Gasteiger partial charge in [-0.2, -0.15) is 0 Å². The van der Waals surface area contributed by atoms with Gasteiger partial charge in [0.2, 0.25) is 0 Å². The monoisotopic (exact) mass is 518 g/mol. The molecule has 0 radical (unpaired) electrons. The zero-order chi connectivity index (χ0) is 23.7. The number of carbonyl (C=O) groups is 2. The summed E-state index contributed by atoms with van der Waals surface area (Å²) in [5.74, 6) is -0.785. The zero-order valence-electron chi connectivity index (χ0n) is 18.1. The SMILES string of the molecule is CCOC(=O)c1c(NC(=O)c2ccc(Br)o2)n(Cc2ccccc2)c2nc3ccccc3nc12. The Kier molecular flexibility index (Phi) is 5.85. The summed E-state index contributed by atoms with van der Waals surface area (Å²) in [6, 6.07) is 20.2. The molecule has 0 aliphatic rings. The van der Waals surface area contributed by atoms with Crippen molar-refractivity contribution in [2.24, 2.45) is 0 Å². The number of hydrogen-bond donors (Lipinski definition) is 1. The van der Waals surface area contributed by atoms with Gasteiger partial charge in [-0.3, -0.25) is 4.79 Å². The summed E-state index contributed by atoms with van der Waals surface area (Å²) in [7, 11) is 0. The number of rotatable bonds is 6. The van der Waals surface area contributed by atoms with Crippen LogP contribution in [0.4, 0.5) is 5.82 Å². The topological polar surface area (TPSA) is 99.2 Å². The molecule has 2 aromatic carbocycles. The van der Waals surface area contributed by atoms with E-state index in [4.69, 9.17) is 19.1 Å². The van der Waals surface area contributed by atoms with Crippen molar-refractivity contribution < 1.29 is 18.7 Å². The van der Waals surface area contributed by atoms with Crippen LogP contribution in [0.3, 0.4) is 0 Å². The molecule has 0 bridgehead atoms. The predicted octanol–water partition coefficient (Wildman–Crippen LogP) is 5.42. The van der Waals surface area contributed by atoms with E-state index in [1.165, 1.54) is 0 Å². The Labute approximate surface area is 202 Å². The first kappa shape index (κ1) is 21.8. The molecule has 0 saturated carbocycles. The normalized spacial score (nSPS) is 11.1. The molecule has 0 aliphatic carbocycles. The van der Waals surface area contributed by atoms with Crippen LogP contribution in [0.5, 0.6) is 0 Å². The van der Waals surface area contributed by atoms with Crippen LogP contribution in [0.15, 0.2) is 75.8 Å². The van der Waals surface area contributed by atoms with Gasteiger partial charge >= 0.3 is 5.97 Å². The molecule has 170 valence electrons. The van der Waals surface area contributed by atoms with Crippen molar-refractivity contribution in [3.63, 3.8) is 0 Å². The number of carbonyl (C=O) groups excluding carboxylic acids is 2. The van der Waals surface area contributed by atoms with Crippen LogP contribution < -0.4 is 5.32 Å². The number of amides is 1. The summed E-state index contributed by atoms with van der Waals surface area (Å²) in [5.41, 5.74) is 3.21. The number of ether oxygens (including phenoxy) is 1. The van der Waals surface area contributed by atoms with Crippen molar-refractivity contribution in [1.82, 2.24) is 14.5 Å². The molecule has 0 aliphatic heterocycles. The molecule has 0 unspecified atom stereocenters. The maximum absolute atomic E-state index is 13.1. The quantitative estimate of drug-likeness (QED) is 0.301. The fourth-order valence-electron chi connectivity index (χ4n) is 3.75. The van der Waals surface area contributed by atoms with Gasteiger partial charge in [0.15, 0.2) is 16.1 Å². The molecule has 0 fully saturated rings. The van der Waals surface area contributed by atoms with E-state index >= 15 is 0 Å². The fourth-order valence-corrected chi connectivity index (χ4v) is 4.06. The van der Waals surface area contributed by atoms with Crippen molar-refractivity contribution in [3.05, 3.63) is 88.3 Å². The van der Waals surface area contributed by atoms with Crippen LogP contribution >= 0.6 is 15.9 Å². The Morgan fingerprint density at radius 3 is 2.38 bits per heavy atom. The van der Waals surface area contributed by atoms with Gasteiger partial charge in [-0.25, -0.2) is 14.8 Å². The number of para-hydroxylation sites is 2. The van der Waals surface area contributed by atoms with Crippen LogP contribution in [-0.4, -0.2) is 33.0 Å². The van der Waals surface area contributed by atoms with Crippen LogP contribution in [0.1, 0.15) is 33.4 Å². The van der Waals surface area contributed by atoms with E-state index in [1.54, 1.807) is 23.6 Å². The average molecular weight is 519 g/mol. The highest BCUT2D eigenvalue weighted by atomic mass is 79.9. The van der Waals surface area contributed by atoms with Gasteiger partial charge in [0.1, 0.15) is 16.9 Å². The van der Waals surface area contributed by atoms with Crippen LogP contribution in [0, 0.1) is 0 Å². The second-order valence-electron chi connectivity index (χ2n) is 7.46. The van der Waals surface area contributed by atoms with E-state index < -0.39 is 11.9 Å². The molecule has 34 heavy (non-hydrogen) atoms. The average Bonchev–Trinajstić information content (AvgIpc) is 3.40. The molecule has 5 rings (SSSR count). The lowest BCUT2D eigenvalue weighted by molar-refractivity contribution is 0.0529. The Bertz CT molecular complexity index is 1520. The largest absolute Gasteiger partial charge is 0.462 e. The summed E-state index contributed by atoms with van der Waals surface area (Å²) in [6.07, 6.45) is 0. The number of halogens is 1. The third-order valence-electron chi connectivity index (χ3n) is 5.24. The van der Waals surface area contributed by atoms with Crippen LogP contribution in [0.25, 0.3) is 22.2 Å². The predicted molar refractivity (Wildman–Crippen MR) is 131 cm³/mol. The molecule has 0 saturated heterocycles. The second-order valence-corrected chi connectivity index (χ2v) is 8.24. The minimum atomic E-state index is -0.597. The number of nitrogens with one attached hydrogen (secondary N) is 1. The van der Waals surface area contributed by atoms with Gasteiger partial charge in [0.25, 0.3) is 5.91 Å². The van der Waals surface area contributed by atoms with E-state index in [9.17, 15) is 9.59 Å². The summed E-state index contributed by atoms with van der Waals surface area (Å²) >= 11 is 3.21. The zero-order valence-corrected chi connectivity index (χ0v) is 19.7. The maximum atomic E-state index is 13.1. The lowest BCUT2D eigenvalue weighted by atomic mass is 10.2. The number of fused-ring (bicyclic) bond motifs is 2. The lowest BCUT2D eigenvalue weighted by Crippen LogP contribution is -2.18. The number of aromatic nitrogens is 3. The number of hydrogen-bond acceptors (Lipinski definition) is 6. The standard InChI is InChI=1S/C25H19BrN4O4/c1-2-33-25(32)20-21-23(28-17-11-7-6-10-16(17)27-21)30(14-15-8-4-3-5-9-15)22(20)29-24(31)18-12-13-19(26)34-18/h3-13H,2,14H2,1H3,(H,29,31). The van der Waals surface area contributed by atoms with Crippen LogP contribution in [-0.2, 0) is 11.3 Å². The van der Waals surface area contributed by atoms with Gasteiger partial charge in [-0.15, -0.1) is 0 Å². The smallest absolute Gasteiger partial charge is 0.344 e. The van der Waals surface area contributed by atoms with Gasteiger partial charge in [-0.05, 0) is 52.7 Å². The highest BCUT2D eigenvalue weighted by Crippen LogP contribution is 2.32. The molecule has 1 N–H and O–H groups in total. The molecule has 5 aromatic rings. The van der Waals surface area contributed by atoms with E-state index in [0.717, 1.165) is 5.56 Å². The first-order chi connectivity index (χ1) is 16.5. The molecule has 3 aromatic heterocycles. The molecule has 9 heteroatoms. The molecule has 1 amide bonds. The van der Waals surface area contributed by atoms with E-state index in [2.05, 4.69) is 21.2 Å². The molecule has 0 atom stereocenters. The van der Waals surface area contributed by atoms with Crippen molar-refractivity contribution in [2.75, 3.05) is 11.9 Å². The molecule has 3 heterocycles. The highest BCUT2D eigenvalue weighted by molar-refractivity contribution is 9.10. The number of benzene rings is 2. The number of furan rings is 1.